The quantitative estimate of drug-likeness (QED) is 0.723. The Balaban J connectivity index is 2.06. The minimum absolute atomic E-state index is 0.139. The zero-order chi connectivity index (χ0) is 12.3. The van der Waals surface area contributed by atoms with Crippen LogP contribution in [0.15, 0.2) is 6.20 Å². The van der Waals surface area contributed by atoms with Crippen molar-refractivity contribution in [2.24, 2.45) is 0 Å². The molecule has 1 amide bonds. The van der Waals surface area contributed by atoms with Crippen LogP contribution in [0.2, 0.25) is 0 Å². The Hall–Kier alpha value is -1.72. The lowest BCUT2D eigenvalue weighted by atomic mass is 10.1. The summed E-state index contributed by atoms with van der Waals surface area (Å²) in [4.78, 5) is 24.0. The molecule has 1 aliphatic heterocycles. The number of rotatable bonds is 3. The van der Waals surface area contributed by atoms with Crippen LogP contribution in [0.5, 0.6) is 0 Å². The first kappa shape index (κ1) is 11.8. The molecule has 0 aromatic carbocycles. The van der Waals surface area contributed by atoms with Crippen LogP contribution in [-0.4, -0.2) is 45.2 Å². The predicted octanol–water partition coefficient (Wildman–Crippen LogP) is 0.664. The molecule has 6 nitrogen and oxygen atoms in total. The van der Waals surface area contributed by atoms with E-state index in [-0.39, 0.29) is 11.9 Å². The highest BCUT2D eigenvalue weighted by Crippen LogP contribution is 2.21. The third-order valence-corrected chi connectivity index (χ3v) is 3.07. The van der Waals surface area contributed by atoms with Crippen LogP contribution < -0.4 is 0 Å². The third kappa shape index (κ3) is 2.51. The zero-order valence-corrected chi connectivity index (χ0v) is 9.87. The fraction of sp³-hybridized carbons (Fsp3) is 0.636. The summed E-state index contributed by atoms with van der Waals surface area (Å²) in [5, 5.41) is 7.67. The molecule has 92 valence electrons. The minimum Gasteiger partial charge on any atom is -0.341 e. The molecule has 17 heavy (non-hydrogen) atoms. The number of aldehydes is 1. The molecule has 2 heterocycles. The van der Waals surface area contributed by atoms with E-state index in [1.807, 2.05) is 11.8 Å². The lowest BCUT2D eigenvalue weighted by molar-refractivity contribution is -0.132. The van der Waals surface area contributed by atoms with Gasteiger partial charge in [0.2, 0.25) is 5.91 Å². The standard InChI is InChI=1S/C11H16N4O2/c1-2-11(17)14-5-3-4-10(7-14)15-6-9(8-16)12-13-15/h6,8,10H,2-5,7H2,1H3/t10-/m0/s1. The number of hydrogen-bond donors (Lipinski definition) is 0. The molecule has 0 aliphatic carbocycles. The highest BCUT2D eigenvalue weighted by atomic mass is 16.2. The van der Waals surface area contributed by atoms with Crippen LogP contribution in [0.25, 0.3) is 0 Å². The number of carbonyl (C=O) groups excluding carboxylic acids is 2. The van der Waals surface area contributed by atoms with Crippen LogP contribution in [0.1, 0.15) is 42.7 Å². The molecular weight excluding hydrogens is 220 g/mol. The van der Waals surface area contributed by atoms with Gasteiger partial charge in [-0.2, -0.15) is 0 Å². The van der Waals surface area contributed by atoms with Crippen molar-refractivity contribution < 1.29 is 9.59 Å². The van der Waals surface area contributed by atoms with Gasteiger partial charge in [-0.1, -0.05) is 12.1 Å². The van der Waals surface area contributed by atoms with E-state index < -0.39 is 0 Å². The summed E-state index contributed by atoms with van der Waals surface area (Å²) in [5.41, 5.74) is 0.337. The van der Waals surface area contributed by atoms with Crippen LogP contribution in [-0.2, 0) is 4.79 Å². The maximum Gasteiger partial charge on any atom is 0.222 e. The monoisotopic (exact) mass is 236 g/mol. The Kier molecular flexibility index (Phi) is 3.51. The Morgan fingerprint density at radius 2 is 2.47 bits per heavy atom. The van der Waals surface area contributed by atoms with Crippen molar-refractivity contribution in [3.8, 4) is 0 Å². The molecular formula is C11H16N4O2. The summed E-state index contributed by atoms with van der Waals surface area (Å²) in [5.74, 6) is 0.172. The maximum atomic E-state index is 11.6. The van der Waals surface area contributed by atoms with Crippen molar-refractivity contribution in [2.45, 2.75) is 32.2 Å². The van der Waals surface area contributed by atoms with E-state index in [0.717, 1.165) is 19.4 Å². The van der Waals surface area contributed by atoms with Gasteiger partial charge in [-0.05, 0) is 12.8 Å². The first-order valence-corrected chi connectivity index (χ1v) is 5.89. The smallest absolute Gasteiger partial charge is 0.222 e. The minimum atomic E-state index is 0.139. The normalized spacial score (nSPS) is 20.3. The predicted molar refractivity (Wildman–Crippen MR) is 60.6 cm³/mol. The average molecular weight is 236 g/mol. The Morgan fingerprint density at radius 3 is 3.12 bits per heavy atom. The van der Waals surface area contributed by atoms with Gasteiger partial charge in [0, 0.05) is 19.5 Å². The Morgan fingerprint density at radius 1 is 1.65 bits per heavy atom. The fourth-order valence-electron chi connectivity index (χ4n) is 2.14. The maximum absolute atomic E-state index is 11.6. The molecule has 0 spiro atoms. The van der Waals surface area contributed by atoms with E-state index in [9.17, 15) is 9.59 Å². The number of nitrogens with zero attached hydrogens (tertiary/aromatic N) is 4. The molecule has 0 unspecified atom stereocenters. The second-order valence-corrected chi connectivity index (χ2v) is 4.23. The van der Waals surface area contributed by atoms with Gasteiger partial charge < -0.3 is 4.90 Å². The molecule has 1 aliphatic rings. The average Bonchev–Trinajstić information content (AvgIpc) is 2.86. The molecule has 0 N–H and O–H groups in total. The number of likely N-dealkylation sites (tertiary alicyclic amines) is 1. The second kappa shape index (κ2) is 5.07. The van der Waals surface area contributed by atoms with Crippen molar-refractivity contribution in [3.63, 3.8) is 0 Å². The van der Waals surface area contributed by atoms with Crippen molar-refractivity contribution in [2.75, 3.05) is 13.1 Å². The topological polar surface area (TPSA) is 68.1 Å². The second-order valence-electron chi connectivity index (χ2n) is 4.23. The molecule has 1 atom stereocenters. The summed E-state index contributed by atoms with van der Waals surface area (Å²) in [6.45, 7) is 3.35. The number of carbonyl (C=O) groups is 2. The van der Waals surface area contributed by atoms with Gasteiger partial charge in [-0.3, -0.25) is 9.59 Å². The largest absolute Gasteiger partial charge is 0.341 e. The molecule has 6 heteroatoms. The molecule has 1 fully saturated rings. The van der Waals surface area contributed by atoms with E-state index in [2.05, 4.69) is 10.3 Å². The first-order valence-electron chi connectivity index (χ1n) is 5.89. The van der Waals surface area contributed by atoms with E-state index in [1.165, 1.54) is 0 Å². The summed E-state index contributed by atoms with van der Waals surface area (Å²) in [6, 6.07) is 0.139. The first-order chi connectivity index (χ1) is 8.24. The molecule has 0 radical (unpaired) electrons. The van der Waals surface area contributed by atoms with E-state index in [1.54, 1.807) is 10.9 Å². The molecule has 1 saturated heterocycles. The van der Waals surface area contributed by atoms with Gasteiger partial charge in [0.1, 0.15) is 5.69 Å². The molecule has 1 aromatic rings. The number of amides is 1. The van der Waals surface area contributed by atoms with Crippen molar-refractivity contribution in [1.29, 1.82) is 0 Å². The molecule has 0 saturated carbocycles. The van der Waals surface area contributed by atoms with Gasteiger partial charge in [0.05, 0.1) is 12.2 Å². The number of aromatic nitrogens is 3. The molecule has 1 aromatic heterocycles. The van der Waals surface area contributed by atoms with E-state index in [4.69, 9.17) is 0 Å². The van der Waals surface area contributed by atoms with Crippen molar-refractivity contribution in [1.82, 2.24) is 19.9 Å². The SMILES string of the molecule is CCC(=O)N1CCC[C@H](n2cc(C=O)nn2)C1. The summed E-state index contributed by atoms with van der Waals surface area (Å²) < 4.78 is 1.69. The van der Waals surface area contributed by atoms with Gasteiger partial charge in [0.15, 0.2) is 6.29 Å². The summed E-state index contributed by atoms with van der Waals surface area (Å²) >= 11 is 0. The molecule has 2 rings (SSSR count). The van der Waals surface area contributed by atoms with Gasteiger partial charge in [0.25, 0.3) is 0 Å². The van der Waals surface area contributed by atoms with Gasteiger partial charge in [-0.15, -0.1) is 5.10 Å². The summed E-state index contributed by atoms with van der Waals surface area (Å²) in [7, 11) is 0. The Labute approximate surface area is 99.6 Å². The lowest BCUT2D eigenvalue weighted by Crippen LogP contribution is -2.40. The van der Waals surface area contributed by atoms with Gasteiger partial charge in [-0.25, -0.2) is 4.68 Å². The lowest BCUT2D eigenvalue weighted by Gasteiger charge is -2.32. The summed E-state index contributed by atoms with van der Waals surface area (Å²) in [6.07, 6.45) is 4.78. The third-order valence-electron chi connectivity index (χ3n) is 3.07. The number of hydrogen-bond acceptors (Lipinski definition) is 4. The highest BCUT2D eigenvalue weighted by Gasteiger charge is 2.24. The van der Waals surface area contributed by atoms with E-state index >= 15 is 0 Å². The fourth-order valence-corrected chi connectivity index (χ4v) is 2.14. The van der Waals surface area contributed by atoms with Crippen LogP contribution in [0, 0.1) is 0 Å². The highest BCUT2D eigenvalue weighted by molar-refractivity contribution is 5.75. The van der Waals surface area contributed by atoms with Crippen LogP contribution in [0.4, 0.5) is 0 Å². The van der Waals surface area contributed by atoms with Gasteiger partial charge >= 0.3 is 0 Å². The molecule has 0 bridgehead atoms. The van der Waals surface area contributed by atoms with Crippen LogP contribution in [0.3, 0.4) is 0 Å². The number of piperidine rings is 1. The van der Waals surface area contributed by atoms with Crippen LogP contribution >= 0.6 is 0 Å². The van der Waals surface area contributed by atoms with Crippen molar-refractivity contribution in [3.05, 3.63) is 11.9 Å². The zero-order valence-electron chi connectivity index (χ0n) is 9.87. The van der Waals surface area contributed by atoms with E-state index in [0.29, 0.717) is 24.9 Å². The Bertz CT molecular complexity index is 415. The van der Waals surface area contributed by atoms with Crippen molar-refractivity contribution >= 4 is 12.2 Å².